The van der Waals surface area contributed by atoms with Crippen LogP contribution in [0.4, 0.5) is 0 Å². The van der Waals surface area contributed by atoms with Crippen molar-refractivity contribution in [1.29, 1.82) is 0 Å². The van der Waals surface area contributed by atoms with Gasteiger partial charge in [0.25, 0.3) is 0 Å². The van der Waals surface area contributed by atoms with Crippen molar-refractivity contribution in [1.82, 2.24) is 0 Å². The lowest BCUT2D eigenvalue weighted by Crippen LogP contribution is -2.76. The number of aromatic hydroxyl groups is 1. The Hall–Kier alpha value is -4.22. The van der Waals surface area contributed by atoms with Gasteiger partial charge < -0.3 is 10.2 Å². The minimum atomic E-state index is -2.73. The minimum absolute atomic E-state index is 0.0252. The molecule has 0 aliphatic heterocycles. The van der Waals surface area contributed by atoms with Crippen molar-refractivity contribution >= 4 is 34.7 Å². The van der Waals surface area contributed by atoms with Crippen LogP contribution in [0.3, 0.4) is 0 Å². The maximum absolute atomic E-state index is 14.4. The quantitative estimate of drug-likeness (QED) is 0.344. The van der Waals surface area contributed by atoms with E-state index in [-0.39, 0.29) is 35.9 Å². The molecule has 2 aromatic rings. The van der Waals surface area contributed by atoms with Gasteiger partial charge in [0.05, 0.1) is 11.5 Å². The van der Waals surface area contributed by atoms with Crippen molar-refractivity contribution in [3.05, 3.63) is 64.2 Å². The smallest absolute Gasteiger partial charge is 0.190 e. The maximum atomic E-state index is 14.4. The van der Waals surface area contributed by atoms with E-state index in [1.807, 2.05) is 38.1 Å². The second-order valence-corrected chi connectivity index (χ2v) is 15.1. The van der Waals surface area contributed by atoms with Crippen molar-refractivity contribution in [2.75, 3.05) is 0 Å². The predicted molar refractivity (Wildman–Crippen MR) is 174 cm³/mol. The summed E-state index contributed by atoms with van der Waals surface area (Å²) in [7, 11) is 0. The van der Waals surface area contributed by atoms with Crippen molar-refractivity contribution < 1.29 is 39.0 Å². The minimum Gasteiger partial charge on any atom is -0.507 e. The number of benzene rings is 2. The fourth-order valence-electron chi connectivity index (χ4n) is 8.85. The average molecular weight is 639 g/mol. The highest BCUT2D eigenvalue weighted by atomic mass is 16.3. The summed E-state index contributed by atoms with van der Waals surface area (Å²) < 4.78 is 0. The zero-order valence-electron chi connectivity index (χ0n) is 28.0. The number of hydrogen-bond donors (Lipinski definition) is 2. The van der Waals surface area contributed by atoms with Crippen molar-refractivity contribution in [3.8, 4) is 17.6 Å². The SMILES string of the molecule is CC(=O)C1C(=O)C(C(C)C)[C@@]2(C)C[C@@]3(C)Cc4c(C#Cc5ccc(CC(=O)CC(C)C)cc5)ccc(O)c4C(=O)C3C(=O)[C@@]2(O)C1=O. The number of carbonyl (C=O) groups is 6. The predicted octanol–water partition coefficient (Wildman–Crippen LogP) is 4.65. The summed E-state index contributed by atoms with van der Waals surface area (Å²) in [5, 5.41) is 23.0. The van der Waals surface area contributed by atoms with E-state index in [9.17, 15) is 39.0 Å². The van der Waals surface area contributed by atoms with Crippen LogP contribution in [0.1, 0.15) is 93.9 Å². The molecule has 47 heavy (non-hydrogen) atoms. The van der Waals surface area contributed by atoms with Crippen molar-refractivity contribution in [2.45, 2.75) is 79.8 Å². The van der Waals surface area contributed by atoms with E-state index in [0.29, 0.717) is 29.5 Å². The number of ketones is 6. The molecule has 246 valence electrons. The third kappa shape index (κ3) is 5.29. The average Bonchev–Trinajstić information content (AvgIpc) is 2.94. The second kappa shape index (κ2) is 11.8. The standard InChI is InChI=1S/C39H42O8/c1-20(2)16-26(41)17-24-10-8-23(9-11-24)12-13-25-14-15-28(42)30-27(25)18-37(6)19-38(7)31(21(3)4)33(43)29(22(5)40)35(45)39(38,47)36(46)32(37)34(30)44/h8-11,14-15,20-21,29,31-32,42,47H,16-19H2,1-7H3/t29?,31?,32?,37-,38-,39+/m1/s1. The Bertz CT molecular complexity index is 1790. The molecule has 3 unspecified atom stereocenters. The number of rotatable bonds is 6. The summed E-state index contributed by atoms with van der Waals surface area (Å²) in [5.74, 6) is -2.62. The number of fused-ring (bicyclic) bond motifs is 3. The molecule has 0 bridgehead atoms. The van der Waals surface area contributed by atoms with E-state index in [0.717, 1.165) is 12.5 Å². The Morgan fingerprint density at radius 3 is 2.15 bits per heavy atom. The fourth-order valence-corrected chi connectivity index (χ4v) is 8.85. The molecular weight excluding hydrogens is 596 g/mol. The van der Waals surface area contributed by atoms with E-state index in [4.69, 9.17) is 0 Å². The molecule has 0 heterocycles. The number of Topliss-reactive ketones (excluding diaryl/α,β-unsaturated/α-hetero) is 6. The topological polar surface area (TPSA) is 143 Å². The van der Waals surface area contributed by atoms with E-state index in [1.54, 1.807) is 33.8 Å². The van der Waals surface area contributed by atoms with Crippen LogP contribution in [-0.2, 0) is 36.8 Å². The molecule has 3 aliphatic carbocycles. The Labute approximate surface area is 275 Å². The Morgan fingerprint density at radius 1 is 0.936 bits per heavy atom. The second-order valence-electron chi connectivity index (χ2n) is 15.1. The van der Waals surface area contributed by atoms with Gasteiger partial charge in [0.1, 0.15) is 23.2 Å². The van der Waals surface area contributed by atoms with E-state index >= 15 is 0 Å². The lowest BCUT2D eigenvalue weighted by molar-refractivity contribution is -0.205. The van der Waals surface area contributed by atoms with Gasteiger partial charge in [0, 0.05) is 35.3 Å². The lowest BCUT2D eigenvalue weighted by Gasteiger charge is -2.61. The van der Waals surface area contributed by atoms with Crippen LogP contribution in [0.15, 0.2) is 36.4 Å². The van der Waals surface area contributed by atoms with Gasteiger partial charge in [-0.1, -0.05) is 65.5 Å². The van der Waals surface area contributed by atoms with Crippen LogP contribution in [-0.4, -0.2) is 50.5 Å². The molecule has 2 saturated carbocycles. The molecular formula is C39H42O8. The normalized spacial score (nSPS) is 30.0. The summed E-state index contributed by atoms with van der Waals surface area (Å²) in [6.45, 7) is 11.9. The summed E-state index contributed by atoms with van der Waals surface area (Å²) >= 11 is 0. The van der Waals surface area contributed by atoms with Gasteiger partial charge in [-0.2, -0.15) is 0 Å². The Kier molecular flexibility index (Phi) is 8.56. The number of hydrogen-bond acceptors (Lipinski definition) is 8. The molecule has 2 N–H and O–H groups in total. The van der Waals surface area contributed by atoms with Crippen LogP contribution in [0.5, 0.6) is 5.75 Å². The first-order valence-electron chi connectivity index (χ1n) is 16.2. The maximum Gasteiger partial charge on any atom is 0.190 e. The molecule has 0 aromatic heterocycles. The molecule has 6 atom stereocenters. The number of phenols is 1. The zero-order valence-corrected chi connectivity index (χ0v) is 28.0. The summed E-state index contributed by atoms with van der Waals surface area (Å²) in [5.41, 5.74) is -3.03. The fraction of sp³-hybridized carbons (Fsp3) is 0.487. The molecule has 0 amide bonds. The first-order valence-corrected chi connectivity index (χ1v) is 16.2. The van der Waals surface area contributed by atoms with Gasteiger partial charge in [-0.15, -0.1) is 0 Å². The van der Waals surface area contributed by atoms with E-state index < -0.39 is 69.0 Å². The van der Waals surface area contributed by atoms with Gasteiger partial charge in [0.2, 0.25) is 0 Å². The number of aliphatic hydroxyl groups is 1. The molecule has 8 heteroatoms. The van der Waals surface area contributed by atoms with Gasteiger partial charge in [-0.3, -0.25) is 28.8 Å². The molecule has 0 radical (unpaired) electrons. The summed E-state index contributed by atoms with van der Waals surface area (Å²) in [4.78, 5) is 80.9. The van der Waals surface area contributed by atoms with Gasteiger partial charge in [0.15, 0.2) is 28.7 Å². The van der Waals surface area contributed by atoms with Gasteiger partial charge >= 0.3 is 0 Å². The first kappa shape index (κ1) is 34.1. The van der Waals surface area contributed by atoms with E-state index in [2.05, 4.69) is 11.8 Å². The largest absolute Gasteiger partial charge is 0.507 e. The van der Waals surface area contributed by atoms with Crippen LogP contribution >= 0.6 is 0 Å². The number of carbonyl (C=O) groups excluding carboxylic acids is 6. The molecule has 0 spiro atoms. The number of phenolic OH excluding ortho intramolecular Hbond substituents is 1. The highest BCUT2D eigenvalue weighted by molar-refractivity contribution is 6.32. The molecule has 5 rings (SSSR count). The molecule has 3 aliphatic rings. The summed E-state index contributed by atoms with van der Waals surface area (Å²) in [6, 6.07) is 10.3. The highest BCUT2D eigenvalue weighted by Gasteiger charge is 2.76. The molecule has 8 nitrogen and oxygen atoms in total. The van der Waals surface area contributed by atoms with Crippen molar-refractivity contribution in [2.24, 2.45) is 40.4 Å². The lowest BCUT2D eigenvalue weighted by atomic mass is 9.40. The van der Waals surface area contributed by atoms with Gasteiger partial charge in [-0.25, -0.2) is 0 Å². The Balaban J connectivity index is 1.56. The monoisotopic (exact) mass is 638 g/mol. The van der Waals surface area contributed by atoms with Crippen LogP contribution in [0, 0.1) is 52.3 Å². The van der Waals surface area contributed by atoms with Crippen LogP contribution in [0.25, 0.3) is 0 Å². The van der Waals surface area contributed by atoms with Crippen molar-refractivity contribution in [3.63, 3.8) is 0 Å². The highest BCUT2D eigenvalue weighted by Crippen LogP contribution is 2.63. The molecule has 2 fully saturated rings. The first-order chi connectivity index (χ1) is 21.9. The van der Waals surface area contributed by atoms with Crippen LogP contribution < -0.4 is 0 Å². The summed E-state index contributed by atoms with van der Waals surface area (Å²) in [6.07, 6.45) is 0.952. The third-order valence-electron chi connectivity index (χ3n) is 10.6. The third-order valence-corrected chi connectivity index (χ3v) is 10.6. The molecule has 0 saturated heterocycles. The Morgan fingerprint density at radius 2 is 1.57 bits per heavy atom. The zero-order chi connectivity index (χ0) is 34.8. The molecule has 2 aromatic carbocycles. The van der Waals surface area contributed by atoms with Crippen LogP contribution in [0.2, 0.25) is 0 Å². The van der Waals surface area contributed by atoms with Gasteiger partial charge in [-0.05, 0) is 72.4 Å². The van der Waals surface area contributed by atoms with E-state index in [1.165, 1.54) is 6.07 Å².